The van der Waals surface area contributed by atoms with Crippen molar-refractivity contribution < 1.29 is 9.53 Å². The zero-order chi connectivity index (χ0) is 14.4. The first-order chi connectivity index (χ1) is 8.90. The Morgan fingerprint density at radius 3 is 2.68 bits per heavy atom. The third-order valence-electron chi connectivity index (χ3n) is 2.53. The van der Waals surface area contributed by atoms with Crippen LogP contribution in [0.4, 0.5) is 0 Å². The first-order valence-corrected chi connectivity index (χ1v) is 6.72. The third-order valence-corrected chi connectivity index (χ3v) is 2.76. The van der Waals surface area contributed by atoms with Crippen molar-refractivity contribution in [3.8, 4) is 5.75 Å². The van der Waals surface area contributed by atoms with Crippen LogP contribution in [0.3, 0.4) is 0 Å². The number of halogens is 1. The van der Waals surface area contributed by atoms with E-state index in [4.69, 9.17) is 22.1 Å². The summed E-state index contributed by atoms with van der Waals surface area (Å²) in [7, 11) is 0. The summed E-state index contributed by atoms with van der Waals surface area (Å²) in [6.07, 6.45) is 0. The Bertz CT molecular complexity index is 433. The molecule has 0 heterocycles. The molecule has 0 saturated heterocycles. The molecule has 1 atom stereocenters. The molecule has 0 radical (unpaired) electrons. The Morgan fingerprint density at radius 2 is 2.11 bits per heavy atom. The summed E-state index contributed by atoms with van der Waals surface area (Å²) in [6.45, 7) is 6.54. The van der Waals surface area contributed by atoms with Crippen molar-refractivity contribution in [2.75, 3.05) is 13.2 Å². The number of rotatable bonds is 6. The van der Waals surface area contributed by atoms with Gasteiger partial charge in [0.15, 0.2) is 6.61 Å². The van der Waals surface area contributed by atoms with Gasteiger partial charge in [-0.3, -0.25) is 4.79 Å². The molecule has 1 aromatic rings. The number of nitrogens with two attached hydrogens (primary N) is 1. The van der Waals surface area contributed by atoms with Crippen molar-refractivity contribution in [2.24, 2.45) is 11.7 Å². The average molecular weight is 285 g/mol. The van der Waals surface area contributed by atoms with Gasteiger partial charge in [0, 0.05) is 23.2 Å². The van der Waals surface area contributed by atoms with Crippen molar-refractivity contribution in [1.29, 1.82) is 0 Å². The number of hydrogen-bond donors (Lipinski definition) is 2. The van der Waals surface area contributed by atoms with Crippen LogP contribution in [0.25, 0.3) is 0 Å². The summed E-state index contributed by atoms with van der Waals surface area (Å²) in [6, 6.07) is 5.01. The average Bonchev–Trinajstić information content (AvgIpc) is 2.34. The second-order valence-electron chi connectivity index (χ2n) is 4.96. The molecule has 1 rings (SSSR count). The fourth-order valence-electron chi connectivity index (χ4n) is 1.52. The lowest BCUT2D eigenvalue weighted by Gasteiger charge is -2.14. The summed E-state index contributed by atoms with van der Waals surface area (Å²) >= 11 is 5.92. The quantitative estimate of drug-likeness (QED) is 0.844. The minimum absolute atomic E-state index is 0.0198. The molecule has 0 fully saturated rings. The molecule has 0 aliphatic carbocycles. The lowest BCUT2D eigenvalue weighted by Crippen LogP contribution is -2.31. The maximum atomic E-state index is 11.6. The molecule has 0 saturated carbocycles. The zero-order valence-electron chi connectivity index (χ0n) is 11.6. The largest absolute Gasteiger partial charge is 0.483 e. The number of amides is 1. The van der Waals surface area contributed by atoms with Gasteiger partial charge in [0.25, 0.3) is 5.91 Å². The Hall–Kier alpha value is -1.26. The van der Waals surface area contributed by atoms with Crippen LogP contribution in [0.1, 0.15) is 32.4 Å². The van der Waals surface area contributed by atoms with Crippen molar-refractivity contribution in [3.63, 3.8) is 0 Å². The molecule has 1 amide bonds. The molecule has 0 aliphatic rings. The number of carbonyl (C=O) groups excluding carboxylic acids is 1. The molecule has 5 heteroatoms. The summed E-state index contributed by atoms with van der Waals surface area (Å²) in [5.74, 6) is 0.873. The lowest BCUT2D eigenvalue weighted by atomic mass is 10.1. The highest BCUT2D eigenvalue weighted by atomic mass is 35.5. The highest BCUT2D eigenvalue weighted by molar-refractivity contribution is 6.30. The number of hydrogen-bond acceptors (Lipinski definition) is 3. The van der Waals surface area contributed by atoms with Crippen molar-refractivity contribution in [1.82, 2.24) is 5.32 Å². The van der Waals surface area contributed by atoms with Gasteiger partial charge in [0.05, 0.1) is 0 Å². The van der Waals surface area contributed by atoms with Gasteiger partial charge in [0.1, 0.15) is 5.75 Å². The molecule has 0 spiro atoms. The number of nitrogens with one attached hydrogen (secondary N) is 1. The molecule has 1 unspecified atom stereocenters. The van der Waals surface area contributed by atoms with Gasteiger partial charge < -0.3 is 15.8 Å². The second kappa shape index (κ2) is 7.36. The van der Waals surface area contributed by atoms with E-state index in [1.807, 2.05) is 20.8 Å². The highest BCUT2D eigenvalue weighted by Crippen LogP contribution is 2.27. The Morgan fingerprint density at radius 1 is 1.42 bits per heavy atom. The van der Waals surface area contributed by atoms with E-state index >= 15 is 0 Å². The predicted molar refractivity (Wildman–Crippen MR) is 77.4 cm³/mol. The minimum Gasteiger partial charge on any atom is -0.483 e. The van der Waals surface area contributed by atoms with E-state index in [-0.39, 0.29) is 18.6 Å². The smallest absolute Gasteiger partial charge is 0.257 e. The molecule has 19 heavy (non-hydrogen) atoms. The van der Waals surface area contributed by atoms with Crippen LogP contribution < -0.4 is 15.8 Å². The third kappa shape index (κ3) is 5.49. The SMILES string of the molecule is CC(C)CNC(=O)COc1ccc(Cl)cc1C(C)N. The van der Waals surface area contributed by atoms with Crippen molar-refractivity contribution in [3.05, 3.63) is 28.8 Å². The zero-order valence-corrected chi connectivity index (χ0v) is 12.3. The highest BCUT2D eigenvalue weighted by Gasteiger charge is 2.11. The monoisotopic (exact) mass is 284 g/mol. The van der Waals surface area contributed by atoms with E-state index in [0.29, 0.717) is 23.2 Å². The Labute approximate surface area is 119 Å². The number of benzene rings is 1. The van der Waals surface area contributed by atoms with Crippen LogP contribution in [-0.2, 0) is 4.79 Å². The van der Waals surface area contributed by atoms with Gasteiger partial charge in [-0.05, 0) is 31.0 Å². The van der Waals surface area contributed by atoms with Crippen LogP contribution in [-0.4, -0.2) is 19.1 Å². The van der Waals surface area contributed by atoms with Crippen LogP contribution in [0.5, 0.6) is 5.75 Å². The van der Waals surface area contributed by atoms with E-state index < -0.39 is 0 Å². The van der Waals surface area contributed by atoms with E-state index in [1.165, 1.54) is 0 Å². The van der Waals surface area contributed by atoms with Crippen LogP contribution in [0.15, 0.2) is 18.2 Å². The van der Waals surface area contributed by atoms with Crippen LogP contribution in [0.2, 0.25) is 5.02 Å². The molecular formula is C14H21ClN2O2. The fraction of sp³-hybridized carbons (Fsp3) is 0.500. The van der Waals surface area contributed by atoms with Crippen LogP contribution >= 0.6 is 11.6 Å². The second-order valence-corrected chi connectivity index (χ2v) is 5.39. The van der Waals surface area contributed by atoms with Crippen molar-refractivity contribution >= 4 is 17.5 Å². The molecule has 1 aromatic carbocycles. The summed E-state index contributed by atoms with van der Waals surface area (Å²) < 4.78 is 5.50. The Kier molecular flexibility index (Phi) is 6.12. The predicted octanol–water partition coefficient (Wildman–Crippen LogP) is 2.51. The summed E-state index contributed by atoms with van der Waals surface area (Å²) in [4.78, 5) is 11.6. The van der Waals surface area contributed by atoms with Gasteiger partial charge in [-0.25, -0.2) is 0 Å². The molecular weight excluding hydrogens is 264 g/mol. The molecule has 0 bridgehead atoms. The lowest BCUT2D eigenvalue weighted by molar-refractivity contribution is -0.123. The van der Waals surface area contributed by atoms with Crippen LogP contribution in [0, 0.1) is 5.92 Å². The first kappa shape index (κ1) is 15.8. The number of ether oxygens (including phenoxy) is 1. The van der Waals surface area contributed by atoms with E-state index in [2.05, 4.69) is 5.32 Å². The first-order valence-electron chi connectivity index (χ1n) is 6.34. The standard InChI is InChI=1S/C14H21ClN2O2/c1-9(2)7-17-14(18)8-19-13-5-4-11(15)6-12(13)10(3)16/h4-6,9-10H,7-8,16H2,1-3H3,(H,17,18). The van der Waals surface area contributed by atoms with Crippen molar-refractivity contribution in [2.45, 2.75) is 26.8 Å². The fourth-order valence-corrected chi connectivity index (χ4v) is 1.70. The molecule has 3 N–H and O–H groups in total. The molecule has 4 nitrogen and oxygen atoms in total. The van der Waals surface area contributed by atoms with E-state index in [9.17, 15) is 4.79 Å². The summed E-state index contributed by atoms with van der Waals surface area (Å²) in [5, 5.41) is 3.39. The van der Waals surface area contributed by atoms with Gasteiger partial charge in [-0.15, -0.1) is 0 Å². The van der Waals surface area contributed by atoms with Gasteiger partial charge in [-0.1, -0.05) is 25.4 Å². The van der Waals surface area contributed by atoms with Gasteiger partial charge in [-0.2, -0.15) is 0 Å². The van der Waals surface area contributed by atoms with E-state index in [1.54, 1.807) is 18.2 Å². The maximum absolute atomic E-state index is 11.6. The molecule has 106 valence electrons. The van der Waals surface area contributed by atoms with Gasteiger partial charge in [0.2, 0.25) is 0 Å². The number of carbonyl (C=O) groups is 1. The molecule has 0 aromatic heterocycles. The topological polar surface area (TPSA) is 64.3 Å². The van der Waals surface area contributed by atoms with Gasteiger partial charge >= 0.3 is 0 Å². The normalized spacial score (nSPS) is 12.3. The summed E-state index contributed by atoms with van der Waals surface area (Å²) in [5.41, 5.74) is 6.64. The Balaban J connectivity index is 2.60. The molecule has 0 aliphatic heterocycles. The maximum Gasteiger partial charge on any atom is 0.257 e. The minimum atomic E-state index is -0.201. The van der Waals surface area contributed by atoms with E-state index in [0.717, 1.165) is 5.56 Å².